The van der Waals surface area contributed by atoms with Gasteiger partial charge in [-0.1, -0.05) is 0 Å². The lowest BCUT2D eigenvalue weighted by atomic mass is 10.1. The number of hydrogen-bond donors (Lipinski definition) is 9. The van der Waals surface area contributed by atoms with Crippen LogP contribution in [0.3, 0.4) is 0 Å². The van der Waals surface area contributed by atoms with Crippen LogP contribution in [0.25, 0.3) is 0 Å². The summed E-state index contributed by atoms with van der Waals surface area (Å²) in [5.74, 6) is -5.94. The third-order valence-corrected chi connectivity index (χ3v) is 4.46. The Morgan fingerprint density at radius 1 is 0.812 bits per heavy atom. The van der Waals surface area contributed by atoms with E-state index < -0.39 is 72.5 Å². The average Bonchev–Trinajstić information content (AvgIpc) is 2.68. The minimum Gasteiger partial charge on any atom is -0.481 e. The molecule has 0 aromatic heterocycles. The van der Waals surface area contributed by atoms with Gasteiger partial charge in [-0.05, 0) is 39.7 Å². The Kier molecular flexibility index (Phi) is 13.0. The normalized spacial score (nSPS) is 16.6. The molecule has 14 heteroatoms. The van der Waals surface area contributed by atoms with Crippen LogP contribution in [-0.4, -0.2) is 93.0 Å². The molecule has 3 amide bonds. The quantitative estimate of drug-likeness (QED) is 0.106. The largest absolute Gasteiger partial charge is 0.481 e. The zero-order chi connectivity index (χ0) is 25.0. The summed E-state index contributed by atoms with van der Waals surface area (Å²) in [7, 11) is 0. The van der Waals surface area contributed by atoms with E-state index in [2.05, 4.69) is 16.0 Å². The predicted molar refractivity (Wildman–Crippen MR) is 110 cm³/mol. The second-order valence-corrected chi connectivity index (χ2v) is 7.34. The minimum absolute atomic E-state index is 0.0632. The molecule has 0 spiro atoms. The fourth-order valence-electron chi connectivity index (χ4n) is 2.54. The summed E-state index contributed by atoms with van der Waals surface area (Å²) in [6, 6.07) is -6.07. The van der Waals surface area contributed by atoms with Gasteiger partial charge in [0, 0.05) is 0 Å². The molecule has 0 saturated carbocycles. The number of carboxylic acids is 2. The number of aliphatic hydroxyl groups is 2. The molecule has 6 unspecified atom stereocenters. The van der Waals surface area contributed by atoms with Gasteiger partial charge in [0.2, 0.25) is 17.7 Å². The van der Waals surface area contributed by atoms with Gasteiger partial charge in [-0.3, -0.25) is 19.2 Å². The van der Waals surface area contributed by atoms with Crippen LogP contribution < -0.4 is 27.4 Å². The molecule has 0 aliphatic carbocycles. The molecule has 184 valence electrons. The number of hydrogen-bond acceptors (Lipinski definition) is 9. The molecule has 32 heavy (non-hydrogen) atoms. The molecular weight excluding hydrogens is 430 g/mol. The van der Waals surface area contributed by atoms with Crippen molar-refractivity contribution in [3.05, 3.63) is 0 Å². The lowest BCUT2D eigenvalue weighted by Gasteiger charge is -2.26. The number of carbonyl (C=O) groups is 5. The van der Waals surface area contributed by atoms with Crippen molar-refractivity contribution < 1.29 is 44.4 Å². The number of carbonyl (C=O) groups excluding carboxylic acids is 3. The number of amides is 3. The first-order valence-electron chi connectivity index (χ1n) is 9.99. The fourth-order valence-corrected chi connectivity index (χ4v) is 2.54. The van der Waals surface area contributed by atoms with Crippen LogP contribution >= 0.6 is 0 Å². The highest BCUT2D eigenvalue weighted by molar-refractivity contribution is 5.95. The highest BCUT2D eigenvalue weighted by Gasteiger charge is 2.33. The summed E-state index contributed by atoms with van der Waals surface area (Å²) in [6.45, 7) is 2.71. The van der Waals surface area contributed by atoms with E-state index in [1.165, 1.54) is 6.92 Å². The van der Waals surface area contributed by atoms with Crippen molar-refractivity contribution in [2.24, 2.45) is 11.5 Å². The van der Waals surface area contributed by atoms with Crippen LogP contribution in [0.15, 0.2) is 0 Å². The summed E-state index contributed by atoms with van der Waals surface area (Å²) in [4.78, 5) is 59.5. The van der Waals surface area contributed by atoms with E-state index in [9.17, 15) is 39.3 Å². The molecule has 0 saturated heterocycles. The van der Waals surface area contributed by atoms with Gasteiger partial charge in [0.15, 0.2) is 0 Å². The van der Waals surface area contributed by atoms with E-state index in [0.29, 0.717) is 19.4 Å². The number of nitrogens with two attached hydrogens (primary N) is 2. The van der Waals surface area contributed by atoms with E-state index in [-0.39, 0.29) is 6.42 Å². The second-order valence-electron chi connectivity index (χ2n) is 7.34. The average molecular weight is 463 g/mol. The monoisotopic (exact) mass is 463 g/mol. The van der Waals surface area contributed by atoms with Gasteiger partial charge >= 0.3 is 11.9 Å². The third-order valence-electron chi connectivity index (χ3n) is 4.46. The summed E-state index contributed by atoms with van der Waals surface area (Å²) in [6.07, 6.45) is -2.65. The summed E-state index contributed by atoms with van der Waals surface area (Å²) >= 11 is 0. The molecule has 0 bridgehead atoms. The highest BCUT2D eigenvalue weighted by atomic mass is 16.4. The Morgan fingerprint density at radius 2 is 1.38 bits per heavy atom. The van der Waals surface area contributed by atoms with Crippen LogP contribution in [0.2, 0.25) is 0 Å². The zero-order valence-corrected chi connectivity index (χ0v) is 18.0. The number of carboxylic acid groups (broad SMARTS) is 2. The molecule has 0 radical (unpaired) electrons. The van der Waals surface area contributed by atoms with Crippen LogP contribution in [0.1, 0.15) is 39.5 Å². The van der Waals surface area contributed by atoms with E-state index in [4.69, 9.17) is 16.6 Å². The molecular formula is C18H33N5O9. The minimum atomic E-state index is -1.68. The summed E-state index contributed by atoms with van der Waals surface area (Å²) in [5.41, 5.74) is 10.8. The van der Waals surface area contributed by atoms with Crippen LogP contribution in [0, 0.1) is 0 Å². The summed E-state index contributed by atoms with van der Waals surface area (Å²) in [5, 5.41) is 44.0. The first-order valence-corrected chi connectivity index (χ1v) is 9.99. The lowest BCUT2D eigenvalue weighted by Crippen LogP contribution is -2.60. The lowest BCUT2D eigenvalue weighted by molar-refractivity contribution is -0.144. The maximum atomic E-state index is 12.5. The fraction of sp³-hybridized carbons (Fsp3) is 0.722. The third kappa shape index (κ3) is 10.5. The number of aliphatic carboxylic acids is 2. The molecule has 0 heterocycles. The van der Waals surface area contributed by atoms with Crippen molar-refractivity contribution >= 4 is 29.7 Å². The molecule has 0 fully saturated rings. The molecule has 11 N–H and O–H groups in total. The van der Waals surface area contributed by atoms with E-state index in [1.54, 1.807) is 0 Å². The Bertz CT molecular complexity index is 671. The van der Waals surface area contributed by atoms with Gasteiger partial charge in [0.1, 0.15) is 24.2 Å². The number of rotatable bonds is 15. The van der Waals surface area contributed by atoms with Crippen molar-refractivity contribution in [1.29, 1.82) is 0 Å². The van der Waals surface area contributed by atoms with Gasteiger partial charge in [0.05, 0.1) is 18.6 Å². The molecule has 6 atom stereocenters. The van der Waals surface area contributed by atoms with Gasteiger partial charge in [0.25, 0.3) is 0 Å². The van der Waals surface area contributed by atoms with Crippen LogP contribution in [0.5, 0.6) is 0 Å². The smallest absolute Gasteiger partial charge is 0.326 e. The molecule has 0 aliphatic heterocycles. The predicted octanol–water partition coefficient (Wildman–Crippen LogP) is -3.78. The molecule has 0 aromatic carbocycles. The SMILES string of the molecule is CC(O)C(N)C(=O)NC(CC(=O)O)C(=O)NC(C(=O)NC(CCCCN)C(=O)O)C(C)O. The maximum Gasteiger partial charge on any atom is 0.326 e. The Hall–Kier alpha value is -2.81. The van der Waals surface area contributed by atoms with Gasteiger partial charge in [-0.25, -0.2) is 4.79 Å². The molecule has 0 rings (SSSR count). The zero-order valence-electron chi connectivity index (χ0n) is 18.0. The number of unbranched alkanes of at least 4 members (excludes halogenated alkanes) is 1. The van der Waals surface area contributed by atoms with Crippen LogP contribution in [-0.2, 0) is 24.0 Å². The summed E-state index contributed by atoms with van der Waals surface area (Å²) < 4.78 is 0. The highest BCUT2D eigenvalue weighted by Crippen LogP contribution is 2.04. The first kappa shape index (κ1) is 29.2. The van der Waals surface area contributed by atoms with E-state index in [1.807, 2.05) is 0 Å². The second kappa shape index (κ2) is 14.3. The first-order chi connectivity index (χ1) is 14.8. The Morgan fingerprint density at radius 3 is 1.81 bits per heavy atom. The number of nitrogens with one attached hydrogen (secondary N) is 3. The van der Waals surface area contributed by atoms with E-state index in [0.717, 1.165) is 6.92 Å². The molecule has 14 nitrogen and oxygen atoms in total. The van der Waals surface area contributed by atoms with Crippen LogP contribution in [0.4, 0.5) is 0 Å². The molecule has 0 aromatic rings. The van der Waals surface area contributed by atoms with Gasteiger partial charge < -0.3 is 47.8 Å². The maximum absolute atomic E-state index is 12.5. The van der Waals surface area contributed by atoms with Crippen molar-refractivity contribution in [1.82, 2.24) is 16.0 Å². The Balaban J connectivity index is 5.39. The van der Waals surface area contributed by atoms with Crippen molar-refractivity contribution in [3.63, 3.8) is 0 Å². The standard InChI is InChI=1S/C18H33N5O9/c1-8(24)13(20)16(29)22-11(7-12(26)27)15(28)23-14(9(2)25)17(30)21-10(18(31)32)5-3-4-6-19/h8-11,13-14,24-25H,3-7,19-20H2,1-2H3,(H,21,30)(H,22,29)(H,23,28)(H,26,27)(H,31,32). The van der Waals surface area contributed by atoms with E-state index >= 15 is 0 Å². The molecule has 0 aliphatic rings. The van der Waals surface area contributed by atoms with Crippen molar-refractivity contribution in [3.8, 4) is 0 Å². The Labute approximate surface area is 184 Å². The van der Waals surface area contributed by atoms with Crippen molar-refractivity contribution in [2.45, 2.75) is 75.9 Å². The van der Waals surface area contributed by atoms with Crippen molar-refractivity contribution in [2.75, 3.05) is 6.54 Å². The van der Waals surface area contributed by atoms with Gasteiger partial charge in [-0.2, -0.15) is 0 Å². The number of aliphatic hydroxyl groups excluding tert-OH is 2. The van der Waals surface area contributed by atoms with Gasteiger partial charge in [-0.15, -0.1) is 0 Å². The topological polar surface area (TPSA) is 254 Å².